The Hall–Kier alpha value is -0.120. The zero-order valence-electron chi connectivity index (χ0n) is 14.0. The molecule has 0 spiro atoms. The number of hydrogen-bond acceptors (Lipinski definition) is 3. The second kappa shape index (κ2) is 7.77. The molecule has 0 aromatic heterocycles. The highest BCUT2D eigenvalue weighted by molar-refractivity contribution is 4.95. The molecule has 3 nitrogen and oxygen atoms in total. The maximum atomic E-state index is 8.96. The van der Waals surface area contributed by atoms with Gasteiger partial charge >= 0.3 is 0 Å². The Balaban J connectivity index is 2.60. The molecule has 3 unspecified atom stereocenters. The van der Waals surface area contributed by atoms with E-state index in [1.165, 1.54) is 32.1 Å². The number of aliphatic hydroxyl groups is 1. The second-order valence-electron chi connectivity index (χ2n) is 7.89. The SMILES string of the molecule is CC(CCCO)NC1(CN)CCCC(C(C)(C)C)CC1. The van der Waals surface area contributed by atoms with Gasteiger partial charge in [-0.15, -0.1) is 0 Å². The Morgan fingerprint density at radius 1 is 1.30 bits per heavy atom. The van der Waals surface area contributed by atoms with Crippen molar-refractivity contribution in [1.82, 2.24) is 5.32 Å². The Bertz CT molecular complexity index is 275. The average molecular weight is 284 g/mol. The molecule has 0 aliphatic heterocycles. The van der Waals surface area contributed by atoms with Gasteiger partial charge in [-0.1, -0.05) is 27.2 Å². The van der Waals surface area contributed by atoms with Gasteiger partial charge in [0, 0.05) is 24.7 Å². The maximum absolute atomic E-state index is 8.96. The van der Waals surface area contributed by atoms with Gasteiger partial charge in [0.15, 0.2) is 0 Å². The van der Waals surface area contributed by atoms with E-state index < -0.39 is 0 Å². The lowest BCUT2D eigenvalue weighted by Crippen LogP contribution is -2.54. The van der Waals surface area contributed by atoms with Crippen LogP contribution in [0.1, 0.15) is 72.6 Å². The molecule has 0 aromatic rings. The largest absolute Gasteiger partial charge is 0.396 e. The van der Waals surface area contributed by atoms with Crippen LogP contribution in [0.2, 0.25) is 0 Å². The average Bonchev–Trinajstić information content (AvgIpc) is 2.59. The van der Waals surface area contributed by atoms with Gasteiger partial charge in [-0.25, -0.2) is 0 Å². The molecule has 1 rings (SSSR count). The molecule has 0 heterocycles. The Morgan fingerprint density at radius 3 is 2.55 bits per heavy atom. The van der Waals surface area contributed by atoms with Crippen LogP contribution in [0.25, 0.3) is 0 Å². The van der Waals surface area contributed by atoms with Gasteiger partial charge in [0.05, 0.1) is 0 Å². The zero-order chi connectivity index (χ0) is 15.2. The normalized spacial score (nSPS) is 30.0. The van der Waals surface area contributed by atoms with Gasteiger partial charge < -0.3 is 16.2 Å². The van der Waals surface area contributed by atoms with Crippen LogP contribution in [0, 0.1) is 11.3 Å². The van der Waals surface area contributed by atoms with Crippen LogP contribution in [0.15, 0.2) is 0 Å². The van der Waals surface area contributed by atoms with Crippen molar-refractivity contribution >= 4 is 0 Å². The van der Waals surface area contributed by atoms with E-state index in [1.54, 1.807) is 0 Å². The number of hydrogen-bond donors (Lipinski definition) is 3. The van der Waals surface area contributed by atoms with E-state index in [9.17, 15) is 0 Å². The molecular weight excluding hydrogens is 248 g/mol. The first-order chi connectivity index (χ1) is 9.33. The van der Waals surface area contributed by atoms with Crippen LogP contribution in [-0.2, 0) is 0 Å². The third kappa shape index (κ3) is 5.34. The van der Waals surface area contributed by atoms with Crippen LogP contribution in [0.3, 0.4) is 0 Å². The van der Waals surface area contributed by atoms with Crippen LogP contribution < -0.4 is 11.1 Å². The summed E-state index contributed by atoms with van der Waals surface area (Å²) < 4.78 is 0. The molecule has 20 heavy (non-hydrogen) atoms. The molecule has 1 saturated carbocycles. The highest BCUT2D eigenvalue weighted by Gasteiger charge is 2.35. The molecule has 0 amide bonds. The van der Waals surface area contributed by atoms with Crippen molar-refractivity contribution in [3.05, 3.63) is 0 Å². The molecule has 0 bridgehead atoms. The van der Waals surface area contributed by atoms with Gasteiger partial charge in [0.1, 0.15) is 0 Å². The minimum Gasteiger partial charge on any atom is -0.396 e. The monoisotopic (exact) mass is 284 g/mol. The number of nitrogens with one attached hydrogen (secondary N) is 1. The smallest absolute Gasteiger partial charge is 0.0431 e. The zero-order valence-corrected chi connectivity index (χ0v) is 14.0. The highest BCUT2D eigenvalue weighted by Crippen LogP contribution is 2.39. The van der Waals surface area contributed by atoms with E-state index in [0.29, 0.717) is 11.5 Å². The summed E-state index contributed by atoms with van der Waals surface area (Å²) in [7, 11) is 0. The topological polar surface area (TPSA) is 58.3 Å². The summed E-state index contributed by atoms with van der Waals surface area (Å²) in [6.45, 7) is 10.3. The Morgan fingerprint density at radius 2 is 2.00 bits per heavy atom. The predicted molar refractivity (Wildman–Crippen MR) is 86.7 cm³/mol. The standard InChI is InChI=1S/C17H36N2O/c1-14(7-6-12-20)19-17(13-18)10-5-8-15(9-11-17)16(2,3)4/h14-15,19-20H,5-13,18H2,1-4H3. The van der Waals surface area contributed by atoms with Crippen molar-refractivity contribution in [2.45, 2.75) is 84.2 Å². The van der Waals surface area contributed by atoms with Gasteiger partial charge in [-0.2, -0.15) is 0 Å². The molecule has 1 aliphatic carbocycles. The van der Waals surface area contributed by atoms with Gasteiger partial charge in [0.25, 0.3) is 0 Å². The summed E-state index contributed by atoms with van der Waals surface area (Å²) in [5, 5.41) is 12.8. The molecular formula is C17H36N2O. The summed E-state index contributed by atoms with van der Waals surface area (Å²) in [5.41, 5.74) is 6.66. The fourth-order valence-electron chi connectivity index (χ4n) is 3.67. The first kappa shape index (κ1) is 17.9. The van der Waals surface area contributed by atoms with E-state index in [1.807, 2.05) is 0 Å². The third-order valence-electron chi connectivity index (χ3n) is 5.14. The van der Waals surface area contributed by atoms with Crippen molar-refractivity contribution in [2.75, 3.05) is 13.2 Å². The fraction of sp³-hybridized carbons (Fsp3) is 1.00. The summed E-state index contributed by atoms with van der Waals surface area (Å²) in [4.78, 5) is 0. The molecule has 3 atom stereocenters. The number of aliphatic hydroxyl groups excluding tert-OH is 1. The molecule has 0 saturated heterocycles. The highest BCUT2D eigenvalue weighted by atomic mass is 16.2. The van der Waals surface area contributed by atoms with Gasteiger partial charge in [0.2, 0.25) is 0 Å². The summed E-state index contributed by atoms with van der Waals surface area (Å²) >= 11 is 0. The molecule has 1 fully saturated rings. The quantitative estimate of drug-likeness (QED) is 0.657. The first-order valence-electron chi connectivity index (χ1n) is 8.41. The lowest BCUT2D eigenvalue weighted by molar-refractivity contribution is 0.200. The van der Waals surface area contributed by atoms with E-state index in [2.05, 4.69) is 33.0 Å². The number of rotatable bonds is 6. The van der Waals surface area contributed by atoms with E-state index in [4.69, 9.17) is 10.8 Å². The third-order valence-corrected chi connectivity index (χ3v) is 5.14. The predicted octanol–water partition coefficient (Wildman–Crippen LogP) is 3.06. The lowest BCUT2D eigenvalue weighted by Gasteiger charge is -2.37. The van der Waals surface area contributed by atoms with Crippen LogP contribution >= 0.6 is 0 Å². The van der Waals surface area contributed by atoms with Crippen LogP contribution in [-0.4, -0.2) is 29.8 Å². The molecule has 1 aliphatic rings. The van der Waals surface area contributed by atoms with Gasteiger partial charge in [-0.3, -0.25) is 0 Å². The Kier molecular flexibility index (Phi) is 6.96. The van der Waals surface area contributed by atoms with Crippen molar-refractivity contribution in [2.24, 2.45) is 17.1 Å². The molecule has 0 radical (unpaired) electrons. The van der Waals surface area contributed by atoms with Crippen molar-refractivity contribution < 1.29 is 5.11 Å². The van der Waals surface area contributed by atoms with E-state index in [0.717, 1.165) is 25.3 Å². The van der Waals surface area contributed by atoms with Crippen LogP contribution in [0.4, 0.5) is 0 Å². The molecule has 4 N–H and O–H groups in total. The second-order valence-corrected chi connectivity index (χ2v) is 7.89. The lowest BCUT2D eigenvalue weighted by atomic mass is 9.76. The van der Waals surface area contributed by atoms with Crippen molar-refractivity contribution in [3.8, 4) is 0 Å². The fourth-order valence-corrected chi connectivity index (χ4v) is 3.67. The van der Waals surface area contributed by atoms with E-state index in [-0.39, 0.29) is 12.1 Å². The van der Waals surface area contributed by atoms with Crippen molar-refractivity contribution in [3.63, 3.8) is 0 Å². The summed E-state index contributed by atoms with van der Waals surface area (Å²) in [5.74, 6) is 0.811. The van der Waals surface area contributed by atoms with E-state index >= 15 is 0 Å². The van der Waals surface area contributed by atoms with Gasteiger partial charge in [-0.05, 0) is 56.8 Å². The van der Waals surface area contributed by atoms with Crippen LogP contribution in [0.5, 0.6) is 0 Å². The van der Waals surface area contributed by atoms with Crippen molar-refractivity contribution in [1.29, 1.82) is 0 Å². The molecule has 120 valence electrons. The summed E-state index contributed by atoms with van der Waals surface area (Å²) in [6.07, 6.45) is 8.17. The molecule has 3 heteroatoms. The maximum Gasteiger partial charge on any atom is 0.0431 e. The Labute approximate surface area is 125 Å². The molecule has 0 aromatic carbocycles. The number of nitrogens with two attached hydrogens (primary N) is 1. The minimum absolute atomic E-state index is 0.120. The first-order valence-corrected chi connectivity index (χ1v) is 8.41. The summed E-state index contributed by atoms with van der Waals surface area (Å²) in [6, 6.07) is 0.442. The minimum atomic E-state index is 0.120.